The summed E-state index contributed by atoms with van der Waals surface area (Å²) >= 11 is 0. The highest BCUT2D eigenvalue weighted by molar-refractivity contribution is 5.20. The van der Waals surface area contributed by atoms with Crippen molar-refractivity contribution in [3.8, 4) is 0 Å². The summed E-state index contributed by atoms with van der Waals surface area (Å²) in [5.41, 5.74) is 1.27. The van der Waals surface area contributed by atoms with Gasteiger partial charge in [0.2, 0.25) is 0 Å². The van der Waals surface area contributed by atoms with Crippen molar-refractivity contribution in [2.75, 3.05) is 39.3 Å². The second kappa shape index (κ2) is 7.97. The Bertz CT molecular complexity index is 420. The third-order valence-corrected chi connectivity index (χ3v) is 4.07. The largest absolute Gasteiger partial charge is 0.463 e. The molecule has 0 aromatic carbocycles. The van der Waals surface area contributed by atoms with Gasteiger partial charge in [-0.3, -0.25) is 4.90 Å². The van der Waals surface area contributed by atoms with E-state index in [0.717, 1.165) is 50.2 Å². The molecule has 0 bridgehead atoms. The summed E-state index contributed by atoms with van der Waals surface area (Å²) in [5.74, 6) is 2.96. The molecule has 1 N–H and O–H groups in total. The van der Waals surface area contributed by atoms with Crippen molar-refractivity contribution in [3.05, 3.63) is 23.2 Å². The summed E-state index contributed by atoms with van der Waals surface area (Å²) in [6.07, 6.45) is 0. The molecule has 2 rings (SSSR count). The molecule has 1 aliphatic heterocycles. The van der Waals surface area contributed by atoms with E-state index >= 15 is 0 Å². The first-order valence-electron chi connectivity index (χ1n) is 8.32. The summed E-state index contributed by atoms with van der Waals surface area (Å²) in [6.45, 7) is 17.5. The van der Waals surface area contributed by atoms with Crippen LogP contribution in [0.4, 0.5) is 0 Å². The molecule has 120 valence electrons. The summed E-state index contributed by atoms with van der Waals surface area (Å²) in [5, 5.41) is 3.33. The first kappa shape index (κ1) is 16.5. The fraction of sp³-hybridized carbons (Fsp3) is 0.765. The van der Waals surface area contributed by atoms with Crippen LogP contribution in [0.1, 0.15) is 37.9 Å². The molecule has 4 heteroatoms. The molecule has 0 amide bonds. The molecular weight excluding hydrogens is 262 g/mol. The van der Waals surface area contributed by atoms with Crippen LogP contribution < -0.4 is 5.32 Å². The van der Waals surface area contributed by atoms with Gasteiger partial charge in [-0.15, -0.1) is 0 Å². The molecule has 21 heavy (non-hydrogen) atoms. The van der Waals surface area contributed by atoms with Gasteiger partial charge in [-0.2, -0.15) is 0 Å². The Morgan fingerprint density at radius 2 is 1.86 bits per heavy atom. The number of nitrogens with zero attached hydrogens (tertiary/aromatic N) is 2. The van der Waals surface area contributed by atoms with Crippen LogP contribution in [0, 0.1) is 12.8 Å². The third kappa shape index (κ3) is 5.13. The second-order valence-electron chi connectivity index (χ2n) is 6.57. The van der Waals surface area contributed by atoms with Crippen molar-refractivity contribution >= 4 is 0 Å². The van der Waals surface area contributed by atoms with Crippen LogP contribution in [0.2, 0.25) is 0 Å². The molecule has 1 aromatic rings. The highest BCUT2D eigenvalue weighted by atomic mass is 16.3. The van der Waals surface area contributed by atoms with Crippen LogP contribution in [0.15, 0.2) is 10.5 Å². The summed E-state index contributed by atoms with van der Waals surface area (Å²) in [4.78, 5) is 5.08. The van der Waals surface area contributed by atoms with E-state index < -0.39 is 0 Å². The number of hydrogen-bond acceptors (Lipinski definition) is 4. The van der Waals surface area contributed by atoms with Gasteiger partial charge in [0.15, 0.2) is 0 Å². The zero-order valence-electron chi connectivity index (χ0n) is 14.1. The van der Waals surface area contributed by atoms with Crippen molar-refractivity contribution in [1.29, 1.82) is 0 Å². The lowest BCUT2D eigenvalue weighted by Gasteiger charge is -2.35. The van der Waals surface area contributed by atoms with E-state index in [-0.39, 0.29) is 0 Å². The number of hydrogen-bond donors (Lipinski definition) is 1. The Morgan fingerprint density at radius 3 is 2.48 bits per heavy atom. The number of aryl methyl sites for hydroxylation is 1. The van der Waals surface area contributed by atoms with Crippen LogP contribution in [0.3, 0.4) is 0 Å². The first-order valence-corrected chi connectivity index (χ1v) is 8.32. The maximum absolute atomic E-state index is 5.99. The van der Waals surface area contributed by atoms with E-state index in [9.17, 15) is 0 Å². The van der Waals surface area contributed by atoms with Gasteiger partial charge in [0, 0.05) is 32.7 Å². The minimum absolute atomic E-state index is 0.762. The molecule has 2 heterocycles. The molecule has 0 aliphatic carbocycles. The molecule has 0 unspecified atom stereocenters. The number of nitrogens with one attached hydrogen (secondary N) is 1. The number of furan rings is 1. The third-order valence-electron chi connectivity index (χ3n) is 4.07. The predicted molar refractivity (Wildman–Crippen MR) is 87.4 cm³/mol. The Hall–Kier alpha value is -0.840. The van der Waals surface area contributed by atoms with E-state index in [2.05, 4.69) is 48.9 Å². The second-order valence-corrected chi connectivity index (χ2v) is 6.57. The topological polar surface area (TPSA) is 31.7 Å². The fourth-order valence-electron chi connectivity index (χ4n) is 2.95. The fourth-order valence-corrected chi connectivity index (χ4v) is 2.95. The lowest BCUT2D eigenvalue weighted by molar-refractivity contribution is 0.111. The molecule has 0 atom stereocenters. The van der Waals surface area contributed by atoms with Crippen molar-refractivity contribution in [2.45, 2.75) is 40.8 Å². The minimum atomic E-state index is 0.762. The van der Waals surface area contributed by atoms with Gasteiger partial charge in [0.25, 0.3) is 0 Å². The summed E-state index contributed by atoms with van der Waals surface area (Å²) in [7, 11) is 0. The highest BCUT2D eigenvalue weighted by Crippen LogP contribution is 2.17. The molecule has 1 aromatic heterocycles. The van der Waals surface area contributed by atoms with Gasteiger partial charge in [-0.05, 0) is 31.0 Å². The zero-order chi connectivity index (χ0) is 15.2. The number of piperazine rings is 1. The monoisotopic (exact) mass is 293 g/mol. The average Bonchev–Trinajstić information content (AvgIpc) is 2.78. The van der Waals surface area contributed by atoms with E-state index in [4.69, 9.17) is 4.42 Å². The quantitative estimate of drug-likeness (QED) is 0.837. The molecule has 1 aliphatic rings. The van der Waals surface area contributed by atoms with Gasteiger partial charge in [-0.1, -0.05) is 20.8 Å². The Kier molecular flexibility index (Phi) is 6.27. The zero-order valence-corrected chi connectivity index (χ0v) is 14.1. The van der Waals surface area contributed by atoms with Gasteiger partial charge in [0.05, 0.1) is 13.1 Å². The van der Waals surface area contributed by atoms with Crippen molar-refractivity contribution in [3.63, 3.8) is 0 Å². The molecule has 1 saturated heterocycles. The van der Waals surface area contributed by atoms with E-state index in [1.165, 1.54) is 25.2 Å². The van der Waals surface area contributed by atoms with Gasteiger partial charge < -0.3 is 14.6 Å². The lowest BCUT2D eigenvalue weighted by Crippen LogP contribution is -2.46. The Balaban J connectivity index is 1.80. The first-order chi connectivity index (χ1) is 10.1. The van der Waals surface area contributed by atoms with Gasteiger partial charge >= 0.3 is 0 Å². The molecule has 4 nitrogen and oxygen atoms in total. The highest BCUT2D eigenvalue weighted by Gasteiger charge is 2.19. The van der Waals surface area contributed by atoms with Crippen LogP contribution in [-0.4, -0.2) is 49.1 Å². The molecule has 0 spiro atoms. The molecule has 1 fully saturated rings. The van der Waals surface area contributed by atoms with E-state index in [0.29, 0.717) is 0 Å². The van der Waals surface area contributed by atoms with E-state index in [1.54, 1.807) is 0 Å². The minimum Gasteiger partial charge on any atom is -0.463 e. The van der Waals surface area contributed by atoms with Crippen LogP contribution >= 0.6 is 0 Å². The van der Waals surface area contributed by atoms with Crippen molar-refractivity contribution in [1.82, 2.24) is 15.1 Å². The summed E-state index contributed by atoms with van der Waals surface area (Å²) < 4.78 is 5.99. The molecule has 0 radical (unpaired) electrons. The standard InChI is InChI=1S/C17H31N3O/c1-5-18-11-17-15(4)10-16(21-17)13-20-8-6-19(7-9-20)12-14(2)3/h10,14,18H,5-9,11-13H2,1-4H3. The maximum atomic E-state index is 5.99. The smallest absolute Gasteiger partial charge is 0.120 e. The number of rotatable bonds is 7. The molecular formula is C17H31N3O. The lowest BCUT2D eigenvalue weighted by atomic mass is 10.2. The molecule has 0 saturated carbocycles. The van der Waals surface area contributed by atoms with Crippen LogP contribution in [0.5, 0.6) is 0 Å². The van der Waals surface area contributed by atoms with E-state index in [1.807, 2.05) is 0 Å². The van der Waals surface area contributed by atoms with Crippen molar-refractivity contribution in [2.24, 2.45) is 5.92 Å². The Labute approximate surface area is 129 Å². The Morgan fingerprint density at radius 1 is 1.19 bits per heavy atom. The van der Waals surface area contributed by atoms with Crippen molar-refractivity contribution < 1.29 is 4.42 Å². The SMILES string of the molecule is CCNCc1oc(CN2CCN(CC(C)C)CC2)cc1C. The maximum Gasteiger partial charge on any atom is 0.120 e. The van der Waals surface area contributed by atoms with Crippen LogP contribution in [-0.2, 0) is 13.1 Å². The predicted octanol–water partition coefficient (Wildman–Crippen LogP) is 2.47. The van der Waals surface area contributed by atoms with Crippen LogP contribution in [0.25, 0.3) is 0 Å². The van der Waals surface area contributed by atoms with Gasteiger partial charge in [0.1, 0.15) is 11.5 Å². The normalized spacial score (nSPS) is 17.8. The average molecular weight is 293 g/mol. The van der Waals surface area contributed by atoms with Gasteiger partial charge in [-0.25, -0.2) is 0 Å². The summed E-state index contributed by atoms with van der Waals surface area (Å²) in [6, 6.07) is 2.20.